The van der Waals surface area contributed by atoms with E-state index in [0.717, 1.165) is 19.4 Å². The van der Waals surface area contributed by atoms with Gasteiger partial charge in [0.1, 0.15) is 5.82 Å². The van der Waals surface area contributed by atoms with Crippen molar-refractivity contribution in [2.75, 3.05) is 6.54 Å². The molecule has 0 saturated heterocycles. The molecule has 4 heteroatoms. The Morgan fingerprint density at radius 2 is 1.95 bits per heavy atom. The van der Waals surface area contributed by atoms with Crippen LogP contribution in [-0.2, 0) is 4.79 Å². The highest BCUT2D eigenvalue weighted by Crippen LogP contribution is 2.37. The lowest BCUT2D eigenvalue weighted by molar-refractivity contribution is -0.147. The van der Waals surface area contributed by atoms with E-state index >= 15 is 0 Å². The monoisotopic (exact) mass is 279 g/mol. The molecule has 1 aromatic carbocycles. The van der Waals surface area contributed by atoms with Gasteiger partial charge >= 0.3 is 5.97 Å². The van der Waals surface area contributed by atoms with Crippen LogP contribution in [-0.4, -0.2) is 23.7 Å². The Balaban J connectivity index is 1.70. The Morgan fingerprint density at radius 1 is 1.35 bits per heavy atom. The van der Waals surface area contributed by atoms with E-state index in [1.54, 1.807) is 13.8 Å². The molecule has 0 heterocycles. The van der Waals surface area contributed by atoms with Gasteiger partial charge in [-0.15, -0.1) is 0 Å². The van der Waals surface area contributed by atoms with Gasteiger partial charge in [0.15, 0.2) is 0 Å². The third-order valence-electron chi connectivity index (χ3n) is 4.24. The number of carbonyl (C=O) groups is 1. The van der Waals surface area contributed by atoms with Gasteiger partial charge < -0.3 is 10.4 Å². The molecule has 0 amide bonds. The zero-order valence-electron chi connectivity index (χ0n) is 12.0. The summed E-state index contributed by atoms with van der Waals surface area (Å²) in [4.78, 5) is 11.0. The van der Waals surface area contributed by atoms with Gasteiger partial charge in [0.2, 0.25) is 0 Å². The molecule has 0 spiro atoms. The van der Waals surface area contributed by atoms with E-state index in [4.69, 9.17) is 5.11 Å². The van der Waals surface area contributed by atoms with Gasteiger partial charge in [-0.05, 0) is 63.3 Å². The van der Waals surface area contributed by atoms with Crippen molar-refractivity contribution in [3.05, 3.63) is 35.6 Å². The minimum absolute atomic E-state index is 0.196. The van der Waals surface area contributed by atoms with Crippen LogP contribution in [0.15, 0.2) is 24.3 Å². The molecule has 0 radical (unpaired) electrons. The van der Waals surface area contributed by atoms with Gasteiger partial charge in [-0.2, -0.15) is 0 Å². The van der Waals surface area contributed by atoms with Crippen LogP contribution in [0.25, 0.3) is 0 Å². The lowest BCUT2D eigenvalue weighted by Gasteiger charge is -2.37. The molecule has 2 rings (SSSR count). The van der Waals surface area contributed by atoms with Crippen LogP contribution in [0.3, 0.4) is 0 Å². The second kappa shape index (κ2) is 5.92. The number of nitrogens with one attached hydrogen (secondary N) is 1. The number of halogens is 1. The lowest BCUT2D eigenvalue weighted by Crippen LogP contribution is -2.42. The standard InChI is InChI=1S/C16H22FNO2/c1-16(2,15(19)20)7-8-18-14-9-12(10-14)11-3-5-13(17)6-4-11/h3-6,12,14,18H,7-10H2,1-2H3,(H,19,20). The van der Waals surface area contributed by atoms with Crippen molar-refractivity contribution < 1.29 is 14.3 Å². The Hall–Kier alpha value is -1.42. The molecule has 1 aliphatic rings. The number of hydrogen-bond acceptors (Lipinski definition) is 2. The molecule has 3 nitrogen and oxygen atoms in total. The van der Waals surface area contributed by atoms with Crippen molar-refractivity contribution in [3.63, 3.8) is 0 Å². The van der Waals surface area contributed by atoms with Gasteiger partial charge in [0.05, 0.1) is 5.41 Å². The first-order valence-electron chi connectivity index (χ1n) is 7.11. The molecular formula is C16H22FNO2. The first kappa shape index (κ1) is 15.0. The summed E-state index contributed by atoms with van der Waals surface area (Å²) < 4.78 is 12.8. The summed E-state index contributed by atoms with van der Waals surface area (Å²) in [6, 6.07) is 7.17. The lowest BCUT2D eigenvalue weighted by atomic mass is 9.75. The molecule has 1 saturated carbocycles. The van der Waals surface area contributed by atoms with Crippen molar-refractivity contribution in [2.45, 2.75) is 45.1 Å². The van der Waals surface area contributed by atoms with E-state index in [1.807, 2.05) is 12.1 Å². The topological polar surface area (TPSA) is 49.3 Å². The molecule has 1 aromatic rings. The molecular weight excluding hydrogens is 257 g/mol. The summed E-state index contributed by atoms with van der Waals surface area (Å²) in [6.07, 6.45) is 2.71. The normalized spacial score (nSPS) is 22.4. The van der Waals surface area contributed by atoms with Gasteiger partial charge in [-0.25, -0.2) is 4.39 Å². The minimum atomic E-state index is -0.753. The Morgan fingerprint density at radius 3 is 2.50 bits per heavy atom. The van der Waals surface area contributed by atoms with E-state index in [1.165, 1.54) is 17.7 Å². The summed E-state index contributed by atoms with van der Waals surface area (Å²) in [5.41, 5.74) is 0.517. The molecule has 1 fully saturated rings. The Labute approximate surface area is 119 Å². The van der Waals surface area contributed by atoms with Crippen LogP contribution >= 0.6 is 0 Å². The van der Waals surface area contributed by atoms with Crippen molar-refractivity contribution >= 4 is 5.97 Å². The van der Waals surface area contributed by atoms with Crippen LogP contribution < -0.4 is 5.32 Å². The van der Waals surface area contributed by atoms with Crippen LogP contribution in [0.5, 0.6) is 0 Å². The average molecular weight is 279 g/mol. The van der Waals surface area contributed by atoms with Crippen molar-refractivity contribution in [1.29, 1.82) is 0 Å². The molecule has 110 valence electrons. The highest BCUT2D eigenvalue weighted by atomic mass is 19.1. The fourth-order valence-corrected chi connectivity index (χ4v) is 2.49. The van der Waals surface area contributed by atoms with Crippen LogP contribution in [0, 0.1) is 11.2 Å². The number of hydrogen-bond donors (Lipinski definition) is 2. The minimum Gasteiger partial charge on any atom is -0.481 e. The largest absolute Gasteiger partial charge is 0.481 e. The molecule has 0 bridgehead atoms. The van der Waals surface area contributed by atoms with Gasteiger partial charge in [0.25, 0.3) is 0 Å². The first-order chi connectivity index (χ1) is 9.38. The second-order valence-corrected chi connectivity index (χ2v) is 6.31. The van der Waals surface area contributed by atoms with Crippen molar-refractivity contribution in [1.82, 2.24) is 5.32 Å². The number of carboxylic acids is 1. The summed E-state index contributed by atoms with van der Waals surface area (Å²) in [7, 11) is 0. The molecule has 20 heavy (non-hydrogen) atoms. The van der Waals surface area contributed by atoms with Gasteiger partial charge in [-0.1, -0.05) is 12.1 Å². The fraction of sp³-hybridized carbons (Fsp3) is 0.562. The maximum atomic E-state index is 12.8. The third kappa shape index (κ3) is 3.57. The Bertz CT molecular complexity index is 464. The van der Waals surface area contributed by atoms with E-state index < -0.39 is 11.4 Å². The van der Waals surface area contributed by atoms with Crippen LogP contribution in [0.2, 0.25) is 0 Å². The molecule has 0 aromatic heterocycles. The zero-order chi connectivity index (χ0) is 14.8. The smallest absolute Gasteiger partial charge is 0.309 e. The molecule has 0 atom stereocenters. The summed E-state index contributed by atoms with van der Waals surface area (Å²) in [6.45, 7) is 4.22. The van der Waals surface area contributed by atoms with Gasteiger partial charge in [0, 0.05) is 6.04 Å². The Kier molecular flexibility index (Phi) is 4.43. The van der Waals surface area contributed by atoms with E-state index in [2.05, 4.69) is 5.32 Å². The van der Waals surface area contributed by atoms with E-state index in [0.29, 0.717) is 18.4 Å². The quantitative estimate of drug-likeness (QED) is 0.841. The van der Waals surface area contributed by atoms with E-state index in [9.17, 15) is 9.18 Å². The summed E-state index contributed by atoms with van der Waals surface area (Å²) in [5.74, 6) is -0.448. The maximum Gasteiger partial charge on any atom is 0.309 e. The predicted molar refractivity (Wildman–Crippen MR) is 76.2 cm³/mol. The van der Waals surface area contributed by atoms with E-state index in [-0.39, 0.29) is 5.82 Å². The maximum absolute atomic E-state index is 12.8. The molecule has 2 N–H and O–H groups in total. The SMILES string of the molecule is CC(C)(CCNC1CC(c2ccc(F)cc2)C1)C(=O)O. The number of benzene rings is 1. The van der Waals surface area contributed by atoms with Crippen LogP contribution in [0.4, 0.5) is 4.39 Å². The van der Waals surface area contributed by atoms with Gasteiger partial charge in [-0.3, -0.25) is 4.79 Å². The zero-order valence-corrected chi connectivity index (χ0v) is 12.0. The number of aliphatic carboxylic acids is 1. The fourth-order valence-electron chi connectivity index (χ4n) is 2.49. The molecule has 1 aliphatic carbocycles. The predicted octanol–water partition coefficient (Wildman–Crippen LogP) is 3.16. The third-order valence-corrected chi connectivity index (χ3v) is 4.24. The summed E-state index contributed by atoms with van der Waals surface area (Å²) in [5, 5.41) is 12.4. The highest BCUT2D eigenvalue weighted by Gasteiger charge is 2.31. The molecule has 0 unspecified atom stereocenters. The molecule has 0 aliphatic heterocycles. The highest BCUT2D eigenvalue weighted by molar-refractivity contribution is 5.73. The van der Waals surface area contributed by atoms with Crippen molar-refractivity contribution in [3.8, 4) is 0 Å². The average Bonchev–Trinajstić information content (AvgIpc) is 2.33. The second-order valence-electron chi connectivity index (χ2n) is 6.31. The van der Waals surface area contributed by atoms with Crippen molar-refractivity contribution in [2.24, 2.45) is 5.41 Å². The first-order valence-corrected chi connectivity index (χ1v) is 7.11. The van der Waals surface area contributed by atoms with Crippen LogP contribution in [0.1, 0.15) is 44.6 Å². The number of carboxylic acid groups (broad SMARTS) is 1. The summed E-state index contributed by atoms with van der Waals surface area (Å²) >= 11 is 0. The number of rotatable bonds is 6.